The van der Waals surface area contributed by atoms with Gasteiger partial charge in [-0.2, -0.15) is 0 Å². The van der Waals surface area contributed by atoms with E-state index >= 15 is 0 Å². The molecular weight excluding hydrogens is 392 g/mol. The van der Waals surface area contributed by atoms with Crippen LogP contribution in [0.3, 0.4) is 0 Å². The molecule has 0 bridgehead atoms. The number of hydrogen-bond acceptors (Lipinski definition) is 4. The van der Waals surface area contributed by atoms with Gasteiger partial charge in [0.25, 0.3) is 5.91 Å². The van der Waals surface area contributed by atoms with Crippen LogP contribution in [0.5, 0.6) is 0 Å². The number of imide groups is 1. The Morgan fingerprint density at radius 1 is 1.00 bits per heavy atom. The average molecular weight is 414 g/mol. The topological polar surface area (TPSA) is 82.6 Å². The number of benzene rings is 2. The summed E-state index contributed by atoms with van der Waals surface area (Å²) in [6.45, 7) is 2.12. The molecule has 31 heavy (non-hydrogen) atoms. The Kier molecular flexibility index (Phi) is 5.75. The average Bonchev–Trinajstić information content (AvgIpc) is 3.00. The highest BCUT2D eigenvalue weighted by Gasteiger charge is 2.46. The van der Waals surface area contributed by atoms with Crippen LogP contribution in [0.2, 0.25) is 0 Å². The number of nitrogens with one attached hydrogen (secondary N) is 1. The molecule has 1 N–H and O–H groups in total. The highest BCUT2D eigenvalue weighted by atomic mass is 16.2. The van der Waals surface area contributed by atoms with Crippen molar-refractivity contribution in [1.82, 2.24) is 9.88 Å². The number of carbonyl (C=O) groups excluding carboxylic acids is 3. The van der Waals surface area contributed by atoms with E-state index in [1.807, 2.05) is 43.3 Å². The van der Waals surface area contributed by atoms with Crippen molar-refractivity contribution in [3.63, 3.8) is 0 Å². The predicted octanol–water partition coefficient (Wildman–Crippen LogP) is 3.76. The van der Waals surface area contributed by atoms with Gasteiger partial charge in [-0.15, -0.1) is 0 Å². The molecule has 2 aromatic carbocycles. The first-order valence-electron chi connectivity index (χ1n) is 9.98. The zero-order valence-electron chi connectivity index (χ0n) is 17.1. The van der Waals surface area contributed by atoms with Gasteiger partial charge in [0.15, 0.2) is 0 Å². The number of amides is 4. The number of rotatable bonds is 6. The van der Waals surface area contributed by atoms with Crippen molar-refractivity contribution in [2.75, 3.05) is 10.2 Å². The lowest BCUT2D eigenvalue weighted by atomic mass is 10.1. The van der Waals surface area contributed by atoms with E-state index in [1.165, 1.54) is 4.90 Å². The van der Waals surface area contributed by atoms with Crippen molar-refractivity contribution in [3.8, 4) is 0 Å². The molecule has 4 amide bonds. The molecule has 1 fully saturated rings. The van der Waals surface area contributed by atoms with Crippen LogP contribution in [0.1, 0.15) is 17.5 Å². The Balaban J connectivity index is 1.60. The number of nitrogens with zero attached hydrogens (tertiary/aromatic N) is 3. The summed E-state index contributed by atoms with van der Waals surface area (Å²) >= 11 is 0. The second-order valence-corrected chi connectivity index (χ2v) is 7.42. The molecule has 2 heterocycles. The third kappa shape index (κ3) is 4.45. The van der Waals surface area contributed by atoms with E-state index in [1.54, 1.807) is 42.7 Å². The number of urea groups is 1. The first-order valence-corrected chi connectivity index (χ1v) is 9.98. The summed E-state index contributed by atoms with van der Waals surface area (Å²) in [7, 11) is 0. The van der Waals surface area contributed by atoms with E-state index < -0.39 is 18.0 Å². The molecule has 1 aliphatic rings. The first-order chi connectivity index (χ1) is 15.0. The van der Waals surface area contributed by atoms with E-state index in [9.17, 15) is 14.4 Å². The number of hydrogen-bond donors (Lipinski definition) is 1. The van der Waals surface area contributed by atoms with Crippen molar-refractivity contribution in [2.45, 2.75) is 25.9 Å². The van der Waals surface area contributed by atoms with Gasteiger partial charge in [-0.1, -0.05) is 42.0 Å². The van der Waals surface area contributed by atoms with Gasteiger partial charge in [-0.3, -0.25) is 14.6 Å². The van der Waals surface area contributed by atoms with Crippen molar-refractivity contribution in [3.05, 3.63) is 90.3 Å². The second-order valence-electron chi connectivity index (χ2n) is 7.42. The fourth-order valence-electron chi connectivity index (χ4n) is 3.54. The SMILES string of the molecule is Cc1ccc(N2C(=O)[C@@H](CC(=O)Nc3ccccc3)N(Cc3cccnc3)C2=O)cc1. The highest BCUT2D eigenvalue weighted by Crippen LogP contribution is 2.28. The van der Waals surface area contributed by atoms with Crippen LogP contribution < -0.4 is 10.2 Å². The summed E-state index contributed by atoms with van der Waals surface area (Å²) in [4.78, 5) is 45.8. The van der Waals surface area contributed by atoms with Crippen LogP contribution in [-0.4, -0.2) is 33.8 Å². The lowest BCUT2D eigenvalue weighted by molar-refractivity contribution is -0.124. The molecule has 1 atom stereocenters. The number of para-hydroxylation sites is 1. The van der Waals surface area contributed by atoms with Crippen LogP contribution >= 0.6 is 0 Å². The van der Waals surface area contributed by atoms with Crippen molar-refractivity contribution in [1.29, 1.82) is 0 Å². The van der Waals surface area contributed by atoms with Gasteiger partial charge in [0.2, 0.25) is 5.91 Å². The van der Waals surface area contributed by atoms with Gasteiger partial charge < -0.3 is 10.2 Å². The Morgan fingerprint density at radius 2 is 1.74 bits per heavy atom. The molecule has 0 saturated carbocycles. The zero-order valence-corrected chi connectivity index (χ0v) is 17.1. The quantitative estimate of drug-likeness (QED) is 0.623. The highest BCUT2D eigenvalue weighted by molar-refractivity contribution is 6.22. The Labute approximate surface area is 180 Å². The maximum absolute atomic E-state index is 13.3. The van der Waals surface area contributed by atoms with Crippen molar-refractivity contribution >= 4 is 29.2 Å². The van der Waals surface area contributed by atoms with Gasteiger partial charge in [-0.25, -0.2) is 9.69 Å². The minimum atomic E-state index is -0.905. The van der Waals surface area contributed by atoms with E-state index in [0.717, 1.165) is 16.0 Å². The fourth-order valence-corrected chi connectivity index (χ4v) is 3.54. The molecule has 3 aromatic rings. The molecule has 1 saturated heterocycles. The third-order valence-corrected chi connectivity index (χ3v) is 5.12. The van der Waals surface area contributed by atoms with E-state index in [4.69, 9.17) is 0 Å². The van der Waals surface area contributed by atoms with Crippen LogP contribution in [0.25, 0.3) is 0 Å². The smallest absolute Gasteiger partial charge is 0.326 e. The molecule has 0 radical (unpaired) electrons. The Morgan fingerprint density at radius 3 is 2.42 bits per heavy atom. The molecule has 0 spiro atoms. The Hall–Kier alpha value is -4.00. The minimum absolute atomic E-state index is 0.137. The van der Waals surface area contributed by atoms with E-state index in [-0.39, 0.29) is 18.9 Å². The van der Waals surface area contributed by atoms with Crippen molar-refractivity contribution < 1.29 is 14.4 Å². The summed E-state index contributed by atoms with van der Waals surface area (Å²) in [6.07, 6.45) is 3.15. The maximum atomic E-state index is 13.3. The zero-order chi connectivity index (χ0) is 21.8. The molecule has 7 heteroatoms. The number of carbonyl (C=O) groups is 3. The van der Waals surface area contributed by atoms with Gasteiger partial charge in [0, 0.05) is 24.6 Å². The summed E-state index contributed by atoms with van der Waals surface area (Å²) in [5, 5.41) is 2.79. The van der Waals surface area contributed by atoms with E-state index in [0.29, 0.717) is 11.4 Å². The van der Waals surface area contributed by atoms with Gasteiger partial charge in [0.05, 0.1) is 12.1 Å². The predicted molar refractivity (Wildman–Crippen MR) is 117 cm³/mol. The number of anilines is 2. The molecule has 0 aliphatic carbocycles. The number of aromatic nitrogens is 1. The first kappa shape index (κ1) is 20.3. The molecule has 1 aliphatic heterocycles. The standard InChI is InChI=1S/C24H22N4O3/c1-17-9-11-20(12-10-17)28-23(30)21(14-22(29)26-19-7-3-2-4-8-19)27(24(28)31)16-18-6-5-13-25-15-18/h2-13,15,21H,14,16H2,1H3,(H,26,29)/t21-/m1/s1. The fraction of sp³-hybridized carbons (Fsp3) is 0.167. The van der Waals surface area contributed by atoms with Crippen LogP contribution in [0.15, 0.2) is 79.1 Å². The Bertz CT molecular complexity index is 1080. The molecule has 156 valence electrons. The van der Waals surface area contributed by atoms with Gasteiger partial charge >= 0.3 is 6.03 Å². The van der Waals surface area contributed by atoms with Crippen LogP contribution in [-0.2, 0) is 16.1 Å². The lowest BCUT2D eigenvalue weighted by Gasteiger charge is -2.21. The van der Waals surface area contributed by atoms with Gasteiger partial charge in [-0.05, 0) is 42.8 Å². The summed E-state index contributed by atoms with van der Waals surface area (Å²) < 4.78 is 0. The monoisotopic (exact) mass is 414 g/mol. The number of pyridine rings is 1. The third-order valence-electron chi connectivity index (χ3n) is 5.12. The number of aryl methyl sites for hydroxylation is 1. The minimum Gasteiger partial charge on any atom is -0.326 e. The molecule has 1 aromatic heterocycles. The summed E-state index contributed by atoms with van der Waals surface area (Å²) in [5.74, 6) is -0.750. The van der Waals surface area contributed by atoms with Crippen LogP contribution in [0.4, 0.5) is 16.2 Å². The van der Waals surface area contributed by atoms with Gasteiger partial charge in [0.1, 0.15) is 6.04 Å². The molecule has 7 nitrogen and oxygen atoms in total. The largest absolute Gasteiger partial charge is 0.332 e. The molecule has 4 rings (SSSR count). The van der Waals surface area contributed by atoms with Crippen molar-refractivity contribution in [2.24, 2.45) is 0 Å². The normalized spacial score (nSPS) is 16.0. The second kappa shape index (κ2) is 8.79. The van der Waals surface area contributed by atoms with E-state index in [2.05, 4.69) is 10.3 Å². The summed E-state index contributed by atoms with van der Waals surface area (Å²) in [5.41, 5.74) is 2.93. The molecule has 0 unspecified atom stereocenters. The van der Waals surface area contributed by atoms with Crippen LogP contribution in [0, 0.1) is 6.92 Å². The maximum Gasteiger partial charge on any atom is 0.332 e. The molecular formula is C24H22N4O3. The summed E-state index contributed by atoms with van der Waals surface area (Å²) in [6, 6.07) is 18.4. The lowest BCUT2D eigenvalue weighted by Crippen LogP contribution is -2.37.